The van der Waals surface area contributed by atoms with Gasteiger partial charge in [-0.25, -0.2) is 0 Å². The Morgan fingerprint density at radius 1 is 0.971 bits per heavy atom. The highest BCUT2D eigenvalue weighted by Gasteiger charge is 2.70. The van der Waals surface area contributed by atoms with Gasteiger partial charge in [0, 0.05) is 30.8 Å². The van der Waals surface area contributed by atoms with Crippen molar-refractivity contribution in [3.8, 4) is 0 Å². The zero-order valence-electron chi connectivity index (χ0n) is 23.4. The molecule has 1 spiro atoms. The van der Waals surface area contributed by atoms with Gasteiger partial charge in [0.2, 0.25) is 0 Å². The highest BCUT2D eigenvalue weighted by molar-refractivity contribution is 6.69. The molecule has 198 valence electrons. The molecule has 2 aliphatic heterocycles. The van der Waals surface area contributed by atoms with E-state index in [9.17, 15) is 4.79 Å². The van der Waals surface area contributed by atoms with Crippen LogP contribution in [0, 0.1) is 52.3 Å². The van der Waals surface area contributed by atoms with Crippen LogP contribution in [0.3, 0.4) is 0 Å². The van der Waals surface area contributed by atoms with Gasteiger partial charge in [0.1, 0.15) is 5.78 Å². The summed E-state index contributed by atoms with van der Waals surface area (Å²) in [5.41, 5.74) is 0.230. The summed E-state index contributed by atoms with van der Waals surface area (Å²) in [5.74, 6) is 3.70. The first-order chi connectivity index (χ1) is 16.4. The molecule has 4 nitrogen and oxygen atoms in total. The molecule has 35 heavy (non-hydrogen) atoms. The lowest BCUT2D eigenvalue weighted by Gasteiger charge is -2.60. The topological polar surface area (TPSA) is 44.8 Å². The molecule has 4 saturated carbocycles. The first-order valence-corrected chi connectivity index (χ1v) is 18.3. The van der Waals surface area contributed by atoms with Gasteiger partial charge >= 0.3 is 0 Å². The Labute approximate surface area is 214 Å². The van der Waals surface area contributed by atoms with Crippen LogP contribution in [0.4, 0.5) is 0 Å². The minimum absolute atomic E-state index is 0.0690. The average Bonchev–Trinajstić information content (AvgIpc) is 3.20. The summed E-state index contributed by atoms with van der Waals surface area (Å²) in [5, 5.41) is 0. The molecule has 0 N–H and O–H groups in total. The first kappa shape index (κ1) is 25.1. The van der Waals surface area contributed by atoms with E-state index in [-0.39, 0.29) is 22.9 Å². The maximum absolute atomic E-state index is 14.2. The molecule has 4 aliphatic carbocycles. The van der Waals surface area contributed by atoms with Crippen molar-refractivity contribution < 1.29 is 18.7 Å². The molecule has 2 heterocycles. The molecule has 6 aliphatic rings. The molecule has 0 bridgehead atoms. The van der Waals surface area contributed by atoms with E-state index < -0.39 is 14.1 Å². The Kier molecular flexibility index (Phi) is 5.82. The van der Waals surface area contributed by atoms with Crippen molar-refractivity contribution in [2.45, 2.75) is 123 Å². The molecule has 12 atom stereocenters. The van der Waals surface area contributed by atoms with Gasteiger partial charge in [-0.1, -0.05) is 27.7 Å². The second-order valence-corrected chi connectivity index (χ2v) is 19.7. The zero-order chi connectivity index (χ0) is 25.0. The minimum atomic E-state index is -1.53. The van der Waals surface area contributed by atoms with E-state index in [0.29, 0.717) is 47.4 Å². The fraction of sp³-hybridized carbons (Fsp3) is 0.967. The van der Waals surface area contributed by atoms with Crippen LogP contribution in [0.25, 0.3) is 0 Å². The largest absolute Gasteiger partial charge is 0.415 e. The van der Waals surface area contributed by atoms with Crippen molar-refractivity contribution >= 4 is 14.1 Å². The van der Waals surface area contributed by atoms with Gasteiger partial charge in [-0.15, -0.1) is 0 Å². The monoisotopic (exact) mass is 502 g/mol. The number of hydrogen-bond donors (Lipinski definition) is 0. The fourth-order valence-electron chi connectivity index (χ4n) is 10.7. The lowest BCUT2D eigenvalue weighted by Crippen LogP contribution is -2.58. The summed E-state index contributed by atoms with van der Waals surface area (Å²) in [6.45, 7) is 17.4. The summed E-state index contributed by atoms with van der Waals surface area (Å²) in [7, 11) is -1.53. The van der Waals surface area contributed by atoms with Crippen LogP contribution in [0.2, 0.25) is 19.6 Å². The van der Waals surface area contributed by atoms with Crippen molar-refractivity contribution in [3.63, 3.8) is 0 Å². The van der Waals surface area contributed by atoms with E-state index in [0.717, 1.165) is 38.7 Å². The quantitative estimate of drug-likeness (QED) is 0.388. The van der Waals surface area contributed by atoms with E-state index in [4.69, 9.17) is 13.9 Å². The predicted molar refractivity (Wildman–Crippen MR) is 140 cm³/mol. The van der Waals surface area contributed by atoms with Gasteiger partial charge < -0.3 is 13.9 Å². The van der Waals surface area contributed by atoms with Crippen LogP contribution in [-0.4, -0.2) is 38.7 Å². The van der Waals surface area contributed by atoms with Crippen LogP contribution in [0.1, 0.15) is 85.5 Å². The van der Waals surface area contributed by atoms with Gasteiger partial charge in [0.25, 0.3) is 0 Å². The maximum atomic E-state index is 14.2. The van der Waals surface area contributed by atoms with Crippen molar-refractivity contribution in [2.24, 2.45) is 52.3 Å². The first-order valence-electron chi connectivity index (χ1n) is 14.9. The van der Waals surface area contributed by atoms with Gasteiger partial charge in [-0.2, -0.15) is 0 Å². The maximum Gasteiger partial charge on any atom is 0.184 e. The van der Waals surface area contributed by atoms with E-state index in [1.807, 2.05) is 0 Å². The van der Waals surface area contributed by atoms with Crippen LogP contribution < -0.4 is 0 Å². The molecule has 0 amide bonds. The number of carbonyl (C=O) groups excluding carboxylic acids is 1. The molecule has 6 fully saturated rings. The van der Waals surface area contributed by atoms with Crippen molar-refractivity contribution in [3.05, 3.63) is 0 Å². The molecule has 3 unspecified atom stereocenters. The molecule has 2 saturated heterocycles. The van der Waals surface area contributed by atoms with Crippen molar-refractivity contribution in [1.29, 1.82) is 0 Å². The van der Waals surface area contributed by atoms with Gasteiger partial charge in [-0.3, -0.25) is 4.79 Å². The van der Waals surface area contributed by atoms with Crippen LogP contribution in [-0.2, 0) is 18.7 Å². The Morgan fingerprint density at radius 2 is 1.74 bits per heavy atom. The van der Waals surface area contributed by atoms with Crippen LogP contribution in [0.5, 0.6) is 0 Å². The fourth-order valence-corrected chi connectivity index (χ4v) is 11.9. The standard InChI is InChI=1S/C30H50O4Si/c1-18-10-13-30(32-17-18)19(2)26-25(33-30)15-23-22-9-8-20-14-21(34-35(5,6)7)11-12-28(20,3)27(22)24(31)16-29(23,26)4/h18-23,25-27H,8-17H2,1-7H3/t18?,19-,20?,21?,22-,23-,25-,26-,27+,28-,29-,30+/m0/s1. The molecular formula is C30H50O4Si. The summed E-state index contributed by atoms with van der Waals surface area (Å²) >= 11 is 0. The lowest BCUT2D eigenvalue weighted by molar-refractivity contribution is -0.272. The SMILES string of the molecule is CC1CC[C@@]2(OC1)O[C@H]1C[C@H]3[C@@H]4CCC5CC(O[Si](C)(C)C)CC[C@]5(C)[C@H]4C(=O)C[C@]3(C)[C@H]1[C@@H]2C. The molecule has 0 aromatic rings. The van der Waals surface area contributed by atoms with Gasteiger partial charge in [0.05, 0.1) is 12.7 Å². The Hall–Kier alpha value is -0.233. The minimum Gasteiger partial charge on any atom is -0.415 e. The summed E-state index contributed by atoms with van der Waals surface area (Å²) in [6, 6.07) is 0. The molecular weight excluding hydrogens is 452 g/mol. The average molecular weight is 503 g/mol. The van der Waals surface area contributed by atoms with Crippen LogP contribution >= 0.6 is 0 Å². The number of ether oxygens (including phenoxy) is 2. The molecule has 0 aromatic heterocycles. The Balaban J connectivity index is 1.23. The highest BCUT2D eigenvalue weighted by atomic mass is 28.4. The Morgan fingerprint density at radius 3 is 2.43 bits per heavy atom. The Bertz CT molecular complexity index is 859. The molecule has 0 aromatic carbocycles. The van der Waals surface area contributed by atoms with Crippen molar-refractivity contribution in [1.82, 2.24) is 0 Å². The third kappa shape index (κ3) is 3.72. The second kappa shape index (κ2) is 8.13. The van der Waals surface area contributed by atoms with E-state index >= 15 is 0 Å². The number of fused-ring (bicyclic) bond motifs is 7. The van der Waals surface area contributed by atoms with Crippen LogP contribution in [0.15, 0.2) is 0 Å². The van der Waals surface area contributed by atoms with Crippen molar-refractivity contribution in [2.75, 3.05) is 6.61 Å². The highest BCUT2D eigenvalue weighted by Crippen LogP contribution is 2.70. The van der Waals surface area contributed by atoms with E-state index in [1.165, 1.54) is 25.7 Å². The van der Waals surface area contributed by atoms with E-state index in [2.05, 4.69) is 47.3 Å². The number of carbonyl (C=O) groups is 1. The zero-order valence-corrected chi connectivity index (χ0v) is 24.4. The predicted octanol–water partition coefficient (Wildman–Crippen LogP) is 6.83. The van der Waals surface area contributed by atoms with Gasteiger partial charge in [0.15, 0.2) is 14.1 Å². The van der Waals surface area contributed by atoms with E-state index in [1.54, 1.807) is 0 Å². The summed E-state index contributed by atoms with van der Waals surface area (Å²) in [4.78, 5) is 14.2. The smallest absolute Gasteiger partial charge is 0.184 e. The summed E-state index contributed by atoms with van der Waals surface area (Å²) in [6.07, 6.45) is 10.8. The number of ketones is 1. The number of hydrogen-bond acceptors (Lipinski definition) is 4. The van der Waals surface area contributed by atoms with Gasteiger partial charge in [-0.05, 0) is 105 Å². The second-order valence-electron chi connectivity index (χ2n) is 15.3. The summed E-state index contributed by atoms with van der Waals surface area (Å²) < 4.78 is 19.9. The molecule has 6 rings (SSSR count). The third-order valence-corrected chi connectivity index (χ3v) is 13.1. The molecule has 0 radical (unpaired) electrons. The lowest BCUT2D eigenvalue weighted by atomic mass is 9.44. The third-order valence-electron chi connectivity index (χ3n) is 12.1. The molecule has 5 heteroatoms. The number of Topliss-reactive ketones (excluding diaryl/α,β-unsaturated/α-hetero) is 1. The normalized spacial score (nSPS) is 55.9. The number of rotatable bonds is 2.